The number of fused-ring (bicyclic) bond motifs is 2. The van der Waals surface area contributed by atoms with E-state index in [9.17, 15) is 4.79 Å². The van der Waals surface area contributed by atoms with E-state index >= 15 is 0 Å². The highest BCUT2D eigenvalue weighted by atomic mass is 16.1. The molecule has 0 spiro atoms. The molecule has 3 aromatic heterocycles. The fourth-order valence-electron chi connectivity index (χ4n) is 3.34. The molecule has 1 N–H and O–H groups in total. The number of carbonyl (C=O) groups excluding carboxylic acids is 1. The molecule has 1 aliphatic rings. The van der Waals surface area contributed by atoms with Crippen LogP contribution in [0.15, 0.2) is 36.5 Å². The van der Waals surface area contributed by atoms with Crippen molar-refractivity contribution in [2.24, 2.45) is 14.1 Å². The molecule has 0 atom stereocenters. The molecular weight excluding hydrogens is 328 g/mol. The van der Waals surface area contributed by atoms with Gasteiger partial charge in [-0.05, 0) is 31.0 Å². The third kappa shape index (κ3) is 2.28. The Balaban J connectivity index is 1.58. The van der Waals surface area contributed by atoms with Crippen molar-refractivity contribution >= 4 is 33.9 Å². The molecule has 5 rings (SSSR count). The molecule has 0 saturated heterocycles. The van der Waals surface area contributed by atoms with Gasteiger partial charge in [-0.1, -0.05) is 12.1 Å². The van der Waals surface area contributed by atoms with Crippen molar-refractivity contribution in [1.29, 1.82) is 0 Å². The van der Waals surface area contributed by atoms with E-state index in [-0.39, 0.29) is 5.91 Å². The normalized spacial score (nSPS) is 14.2. The van der Waals surface area contributed by atoms with Crippen LogP contribution < -0.4 is 5.32 Å². The Kier molecular flexibility index (Phi) is 3.12. The number of benzene rings is 1. The van der Waals surface area contributed by atoms with Gasteiger partial charge >= 0.3 is 0 Å². The average molecular weight is 346 g/mol. The Labute approximate surface area is 149 Å². The monoisotopic (exact) mass is 346 g/mol. The highest BCUT2D eigenvalue weighted by Gasteiger charge is 2.28. The number of hydrogen-bond donors (Lipinski definition) is 1. The number of hydrogen-bond acceptors (Lipinski definition) is 4. The van der Waals surface area contributed by atoms with Gasteiger partial charge in [0.15, 0.2) is 5.65 Å². The van der Waals surface area contributed by atoms with Crippen LogP contribution in [0.2, 0.25) is 0 Å². The fraction of sp³-hybridized carbons (Fsp3) is 0.263. The number of imidazole rings is 1. The molecule has 4 aromatic rings. The maximum absolute atomic E-state index is 13.0. The molecule has 0 aliphatic heterocycles. The minimum absolute atomic E-state index is 0.189. The highest BCUT2D eigenvalue weighted by molar-refractivity contribution is 6.11. The zero-order valence-corrected chi connectivity index (χ0v) is 14.6. The van der Waals surface area contributed by atoms with Crippen LogP contribution in [0.1, 0.15) is 34.8 Å². The van der Waals surface area contributed by atoms with Crippen LogP contribution in [-0.2, 0) is 14.1 Å². The summed E-state index contributed by atoms with van der Waals surface area (Å²) in [5.41, 5.74) is 4.13. The zero-order valence-electron chi connectivity index (χ0n) is 14.6. The van der Waals surface area contributed by atoms with Crippen LogP contribution in [0.5, 0.6) is 0 Å². The van der Waals surface area contributed by atoms with Crippen LogP contribution in [0.25, 0.3) is 22.1 Å². The zero-order chi connectivity index (χ0) is 17.8. The molecule has 1 amide bonds. The van der Waals surface area contributed by atoms with Gasteiger partial charge in [0.1, 0.15) is 0 Å². The quantitative estimate of drug-likeness (QED) is 0.619. The molecule has 0 radical (unpaired) electrons. The Morgan fingerprint density at radius 2 is 2.00 bits per heavy atom. The van der Waals surface area contributed by atoms with Crippen LogP contribution in [0.3, 0.4) is 0 Å². The van der Waals surface area contributed by atoms with Crippen molar-refractivity contribution in [2.45, 2.75) is 18.8 Å². The number of amides is 1. The summed E-state index contributed by atoms with van der Waals surface area (Å²) in [5, 5.41) is 7.98. The standard InChI is InChI=1S/C19H18N6O/c1-24-16-6-4-3-5-14(16)22-19(24)23-18(26)12-9-15(11-7-8-11)21-17-13(12)10-20-25(17)2/h3-6,9-11H,7-8H2,1-2H3,(H,22,23,26). The van der Waals surface area contributed by atoms with Crippen molar-refractivity contribution < 1.29 is 4.79 Å². The summed E-state index contributed by atoms with van der Waals surface area (Å²) in [7, 11) is 3.74. The van der Waals surface area contributed by atoms with Gasteiger partial charge in [0.05, 0.1) is 28.2 Å². The second kappa shape index (κ2) is 5.39. The molecule has 7 heteroatoms. The third-order valence-electron chi connectivity index (χ3n) is 4.98. The summed E-state index contributed by atoms with van der Waals surface area (Å²) in [6.45, 7) is 0. The summed E-state index contributed by atoms with van der Waals surface area (Å²) in [6.07, 6.45) is 3.95. The van der Waals surface area contributed by atoms with Gasteiger partial charge in [-0.15, -0.1) is 0 Å². The van der Waals surface area contributed by atoms with Crippen molar-refractivity contribution in [2.75, 3.05) is 5.32 Å². The molecule has 1 aliphatic carbocycles. The van der Waals surface area contributed by atoms with E-state index in [1.54, 1.807) is 10.9 Å². The Hall–Kier alpha value is -3.22. The van der Waals surface area contributed by atoms with E-state index < -0.39 is 0 Å². The predicted molar refractivity (Wildman–Crippen MR) is 99.2 cm³/mol. The Morgan fingerprint density at radius 1 is 1.19 bits per heavy atom. The van der Waals surface area contributed by atoms with Crippen molar-refractivity contribution in [3.8, 4) is 0 Å². The lowest BCUT2D eigenvalue weighted by Crippen LogP contribution is -2.16. The lowest BCUT2D eigenvalue weighted by atomic mass is 10.1. The third-order valence-corrected chi connectivity index (χ3v) is 4.98. The molecule has 1 saturated carbocycles. The van der Waals surface area contributed by atoms with Gasteiger partial charge in [0, 0.05) is 25.7 Å². The fourth-order valence-corrected chi connectivity index (χ4v) is 3.34. The number of carbonyl (C=O) groups is 1. The summed E-state index contributed by atoms with van der Waals surface area (Å²) in [4.78, 5) is 22.3. The number of para-hydroxylation sites is 2. The second-order valence-electron chi connectivity index (χ2n) is 6.81. The highest BCUT2D eigenvalue weighted by Crippen LogP contribution is 2.40. The number of nitrogens with one attached hydrogen (secondary N) is 1. The SMILES string of the molecule is Cn1ncc2c(C(=O)Nc3nc4ccccc4n3C)cc(C3CC3)nc21. The summed E-state index contributed by atoms with van der Waals surface area (Å²) >= 11 is 0. The molecule has 1 fully saturated rings. The van der Waals surface area contributed by atoms with E-state index in [2.05, 4.69) is 15.4 Å². The van der Waals surface area contributed by atoms with E-state index in [0.717, 1.165) is 40.6 Å². The lowest BCUT2D eigenvalue weighted by Gasteiger charge is -2.08. The smallest absolute Gasteiger partial charge is 0.258 e. The summed E-state index contributed by atoms with van der Waals surface area (Å²) in [5.74, 6) is 0.792. The number of nitrogens with zero attached hydrogens (tertiary/aromatic N) is 5. The van der Waals surface area contributed by atoms with Gasteiger partial charge in [-0.2, -0.15) is 5.10 Å². The van der Waals surface area contributed by atoms with Gasteiger partial charge in [0.2, 0.25) is 5.95 Å². The first-order chi connectivity index (χ1) is 12.6. The Bertz CT molecular complexity index is 1170. The van der Waals surface area contributed by atoms with E-state index in [4.69, 9.17) is 4.98 Å². The first-order valence-electron chi connectivity index (χ1n) is 8.67. The minimum Gasteiger partial charge on any atom is -0.313 e. The number of aryl methyl sites for hydroxylation is 2. The molecule has 0 unspecified atom stereocenters. The van der Waals surface area contributed by atoms with Crippen LogP contribution in [0, 0.1) is 0 Å². The molecule has 7 nitrogen and oxygen atoms in total. The average Bonchev–Trinajstić information content (AvgIpc) is 3.37. The summed E-state index contributed by atoms with van der Waals surface area (Å²) < 4.78 is 3.60. The number of aromatic nitrogens is 5. The largest absolute Gasteiger partial charge is 0.313 e. The molecule has 1 aromatic carbocycles. The Morgan fingerprint density at radius 3 is 2.77 bits per heavy atom. The molecular formula is C19H18N6O. The first kappa shape index (κ1) is 15.1. The number of rotatable bonds is 3. The first-order valence-corrected chi connectivity index (χ1v) is 8.67. The van der Waals surface area contributed by atoms with Crippen molar-refractivity contribution in [3.63, 3.8) is 0 Å². The maximum Gasteiger partial charge on any atom is 0.258 e. The van der Waals surface area contributed by atoms with Crippen molar-refractivity contribution in [3.05, 3.63) is 47.8 Å². The minimum atomic E-state index is -0.189. The second-order valence-corrected chi connectivity index (χ2v) is 6.81. The molecule has 3 heterocycles. The van der Waals surface area contributed by atoms with E-state index in [0.29, 0.717) is 17.4 Å². The molecule has 26 heavy (non-hydrogen) atoms. The predicted octanol–water partition coefficient (Wildman–Crippen LogP) is 2.98. The lowest BCUT2D eigenvalue weighted by molar-refractivity contribution is 0.102. The summed E-state index contributed by atoms with van der Waals surface area (Å²) in [6, 6.07) is 9.71. The van der Waals surface area contributed by atoms with Crippen molar-refractivity contribution in [1.82, 2.24) is 24.3 Å². The van der Waals surface area contributed by atoms with Gasteiger partial charge in [0.25, 0.3) is 5.91 Å². The van der Waals surface area contributed by atoms with Gasteiger partial charge < -0.3 is 4.57 Å². The number of anilines is 1. The topological polar surface area (TPSA) is 77.6 Å². The van der Waals surface area contributed by atoms with Crippen LogP contribution in [-0.4, -0.2) is 30.2 Å². The maximum atomic E-state index is 13.0. The van der Waals surface area contributed by atoms with E-state index in [1.807, 2.05) is 49.0 Å². The molecule has 130 valence electrons. The number of pyridine rings is 1. The van der Waals surface area contributed by atoms with Gasteiger partial charge in [-0.3, -0.25) is 14.8 Å². The van der Waals surface area contributed by atoms with Gasteiger partial charge in [-0.25, -0.2) is 9.97 Å². The van der Waals surface area contributed by atoms with Crippen LogP contribution in [0.4, 0.5) is 5.95 Å². The van der Waals surface area contributed by atoms with Crippen LogP contribution >= 0.6 is 0 Å². The van der Waals surface area contributed by atoms with E-state index in [1.165, 1.54) is 0 Å². The molecule has 0 bridgehead atoms.